The minimum atomic E-state index is -3.71. The van der Waals surface area contributed by atoms with Crippen LogP contribution >= 0.6 is 11.6 Å². The van der Waals surface area contributed by atoms with Gasteiger partial charge in [-0.1, -0.05) is 30.7 Å². The molecule has 2 aromatic carbocycles. The number of hydrogen-bond donors (Lipinski definition) is 2. The molecule has 0 aliphatic heterocycles. The highest BCUT2D eigenvalue weighted by Gasteiger charge is 2.22. The van der Waals surface area contributed by atoms with E-state index < -0.39 is 21.8 Å². The number of carbonyl (C=O) groups excluding carboxylic acids is 1. The van der Waals surface area contributed by atoms with Crippen molar-refractivity contribution >= 4 is 38.9 Å². The Balaban J connectivity index is 2.03. The first-order valence-electron chi connectivity index (χ1n) is 7.92. The predicted octanol–water partition coefficient (Wildman–Crippen LogP) is 3.67. The van der Waals surface area contributed by atoms with Crippen LogP contribution in [0.2, 0.25) is 5.02 Å². The van der Waals surface area contributed by atoms with E-state index >= 15 is 0 Å². The molecule has 1 atom stereocenters. The molecule has 2 rings (SSSR count). The van der Waals surface area contributed by atoms with Crippen molar-refractivity contribution in [3.63, 3.8) is 0 Å². The van der Waals surface area contributed by atoms with E-state index in [0.717, 1.165) is 5.56 Å². The number of benzene rings is 2. The van der Waals surface area contributed by atoms with Crippen LogP contribution in [0.25, 0.3) is 0 Å². The zero-order valence-electron chi connectivity index (χ0n) is 14.7. The molecule has 1 unspecified atom stereocenters. The lowest BCUT2D eigenvalue weighted by atomic mass is 10.1. The molecule has 6 nitrogen and oxygen atoms in total. The molecular formula is C18H21ClN2O4S. The first-order chi connectivity index (χ1) is 12.2. The molecule has 8 heteroatoms. The van der Waals surface area contributed by atoms with Crippen molar-refractivity contribution in [3.8, 4) is 5.75 Å². The third-order valence-corrected chi connectivity index (χ3v) is 5.68. The van der Waals surface area contributed by atoms with Gasteiger partial charge in [0.05, 0.1) is 24.5 Å². The minimum Gasteiger partial charge on any atom is -0.497 e. The van der Waals surface area contributed by atoms with E-state index in [0.29, 0.717) is 22.1 Å². The molecule has 0 saturated heterocycles. The summed E-state index contributed by atoms with van der Waals surface area (Å²) in [7, 11) is -2.21. The Morgan fingerprint density at radius 2 is 1.92 bits per heavy atom. The van der Waals surface area contributed by atoms with Crippen molar-refractivity contribution in [1.82, 2.24) is 0 Å². The third kappa shape index (κ3) is 5.37. The highest BCUT2D eigenvalue weighted by Crippen LogP contribution is 2.24. The molecule has 0 aliphatic carbocycles. The van der Waals surface area contributed by atoms with E-state index in [1.165, 1.54) is 7.11 Å². The molecule has 0 spiro atoms. The fourth-order valence-electron chi connectivity index (χ4n) is 2.31. The van der Waals surface area contributed by atoms with Crippen LogP contribution in [-0.4, -0.2) is 27.2 Å². The van der Waals surface area contributed by atoms with Gasteiger partial charge in [0, 0.05) is 16.8 Å². The molecule has 26 heavy (non-hydrogen) atoms. The Kier molecular flexibility index (Phi) is 6.50. The van der Waals surface area contributed by atoms with Crippen molar-refractivity contribution in [3.05, 3.63) is 53.1 Å². The summed E-state index contributed by atoms with van der Waals surface area (Å²) < 4.78 is 32.2. The summed E-state index contributed by atoms with van der Waals surface area (Å²) in [6.45, 7) is 3.34. The molecule has 0 heterocycles. The summed E-state index contributed by atoms with van der Waals surface area (Å²) in [5.74, 6) is -0.967. The third-order valence-electron chi connectivity index (χ3n) is 3.79. The van der Waals surface area contributed by atoms with Crippen molar-refractivity contribution in [2.75, 3.05) is 22.9 Å². The van der Waals surface area contributed by atoms with Gasteiger partial charge in [0.15, 0.2) is 0 Å². The van der Waals surface area contributed by atoms with Gasteiger partial charge in [-0.2, -0.15) is 0 Å². The Bertz CT molecular complexity index is 900. The van der Waals surface area contributed by atoms with E-state index in [-0.39, 0.29) is 5.75 Å². The monoisotopic (exact) mass is 396 g/mol. The van der Waals surface area contributed by atoms with Gasteiger partial charge in [0.2, 0.25) is 15.9 Å². The number of halogens is 1. The van der Waals surface area contributed by atoms with Crippen molar-refractivity contribution in [2.45, 2.75) is 13.8 Å². The van der Waals surface area contributed by atoms with Crippen LogP contribution in [0.4, 0.5) is 11.4 Å². The van der Waals surface area contributed by atoms with Crippen molar-refractivity contribution in [1.29, 1.82) is 0 Å². The Morgan fingerprint density at radius 3 is 2.62 bits per heavy atom. The van der Waals surface area contributed by atoms with E-state index in [1.807, 2.05) is 0 Å². The van der Waals surface area contributed by atoms with Gasteiger partial charge in [-0.3, -0.25) is 9.52 Å². The number of rotatable bonds is 7. The molecule has 0 saturated carbocycles. The van der Waals surface area contributed by atoms with E-state index in [1.54, 1.807) is 56.3 Å². The zero-order valence-corrected chi connectivity index (χ0v) is 16.3. The first-order valence-corrected chi connectivity index (χ1v) is 9.95. The molecular weight excluding hydrogens is 376 g/mol. The van der Waals surface area contributed by atoms with Gasteiger partial charge < -0.3 is 10.1 Å². The number of methoxy groups -OCH3 is 1. The lowest BCUT2D eigenvalue weighted by Crippen LogP contribution is -2.30. The van der Waals surface area contributed by atoms with Gasteiger partial charge in [0.25, 0.3) is 0 Å². The maximum atomic E-state index is 12.3. The molecule has 140 valence electrons. The summed E-state index contributed by atoms with van der Waals surface area (Å²) in [6.07, 6.45) is 0. The highest BCUT2D eigenvalue weighted by molar-refractivity contribution is 7.92. The number of ether oxygens (including phenoxy) is 1. The van der Waals surface area contributed by atoms with Gasteiger partial charge in [-0.25, -0.2) is 8.42 Å². The Labute approximate surface area is 158 Å². The molecule has 0 fully saturated rings. The minimum absolute atomic E-state index is 0.352. The quantitative estimate of drug-likeness (QED) is 0.747. The number of carbonyl (C=O) groups is 1. The van der Waals surface area contributed by atoms with E-state index in [4.69, 9.17) is 16.3 Å². The van der Waals surface area contributed by atoms with Crippen molar-refractivity contribution in [2.24, 2.45) is 5.92 Å². The van der Waals surface area contributed by atoms with Crippen LogP contribution in [0.5, 0.6) is 5.75 Å². The smallest absolute Gasteiger partial charge is 0.233 e. The predicted molar refractivity (Wildman–Crippen MR) is 104 cm³/mol. The van der Waals surface area contributed by atoms with Gasteiger partial charge >= 0.3 is 0 Å². The summed E-state index contributed by atoms with van der Waals surface area (Å²) in [5, 5.41) is 3.25. The first kappa shape index (κ1) is 20.1. The fourth-order valence-corrected chi connectivity index (χ4v) is 3.86. The van der Waals surface area contributed by atoms with Gasteiger partial charge in [-0.15, -0.1) is 0 Å². The van der Waals surface area contributed by atoms with Crippen molar-refractivity contribution < 1.29 is 17.9 Å². The summed E-state index contributed by atoms with van der Waals surface area (Å²) in [5.41, 5.74) is 1.67. The second kappa shape index (κ2) is 8.42. The number of hydrogen-bond acceptors (Lipinski definition) is 4. The molecule has 2 aromatic rings. The number of anilines is 2. The highest BCUT2D eigenvalue weighted by atomic mass is 35.5. The maximum Gasteiger partial charge on any atom is 0.233 e. The average molecular weight is 397 g/mol. The largest absolute Gasteiger partial charge is 0.497 e. The van der Waals surface area contributed by atoms with Crippen LogP contribution in [0, 0.1) is 12.8 Å². The number of amides is 1. The van der Waals surface area contributed by atoms with E-state index in [2.05, 4.69) is 10.0 Å². The lowest BCUT2D eigenvalue weighted by Gasteiger charge is -2.15. The van der Waals surface area contributed by atoms with Crippen LogP contribution < -0.4 is 14.8 Å². The molecule has 0 radical (unpaired) electrons. The lowest BCUT2D eigenvalue weighted by molar-refractivity contribution is -0.118. The Hall–Kier alpha value is -2.25. The summed E-state index contributed by atoms with van der Waals surface area (Å²) >= 11 is 6.03. The topological polar surface area (TPSA) is 84.5 Å². The van der Waals surface area contributed by atoms with Gasteiger partial charge in [-0.05, 0) is 36.8 Å². The molecule has 0 aliphatic rings. The Morgan fingerprint density at radius 1 is 1.23 bits per heavy atom. The van der Waals surface area contributed by atoms with Crippen LogP contribution in [-0.2, 0) is 14.8 Å². The van der Waals surface area contributed by atoms with E-state index in [9.17, 15) is 13.2 Å². The van der Waals surface area contributed by atoms with Gasteiger partial charge in [0.1, 0.15) is 5.75 Å². The molecule has 0 bridgehead atoms. The second-order valence-corrected chi connectivity index (χ2v) is 8.09. The number of sulfonamides is 1. The summed E-state index contributed by atoms with van der Waals surface area (Å²) in [6, 6.07) is 11.7. The fraction of sp³-hybridized carbons (Fsp3) is 0.278. The maximum absolute atomic E-state index is 12.3. The molecule has 0 aromatic heterocycles. The molecule has 1 amide bonds. The normalized spacial score (nSPS) is 12.3. The van der Waals surface area contributed by atoms with Crippen LogP contribution in [0.15, 0.2) is 42.5 Å². The number of nitrogens with one attached hydrogen (secondary N) is 2. The van der Waals surface area contributed by atoms with Crippen LogP contribution in [0.1, 0.15) is 12.5 Å². The average Bonchev–Trinajstić information content (AvgIpc) is 2.58. The van der Waals surface area contributed by atoms with Crippen LogP contribution in [0.3, 0.4) is 0 Å². The SMILES string of the molecule is COc1cccc(NS(=O)(=O)CC(C)C(=O)Nc2cccc(Cl)c2C)c1. The second-order valence-electron chi connectivity index (χ2n) is 5.92. The summed E-state index contributed by atoms with van der Waals surface area (Å²) in [4.78, 5) is 12.3. The zero-order chi connectivity index (χ0) is 19.3. The molecule has 2 N–H and O–H groups in total. The standard InChI is InChI=1S/C18H21ClN2O4S/c1-12(18(22)20-17-9-5-8-16(19)13(17)2)11-26(23,24)21-14-6-4-7-15(10-14)25-3/h4-10,12,21H,11H2,1-3H3,(H,20,22).